The molecule has 2 fully saturated rings. The summed E-state index contributed by atoms with van der Waals surface area (Å²) >= 11 is 0. The van der Waals surface area contributed by atoms with Gasteiger partial charge in [-0.3, -0.25) is 9.59 Å². The van der Waals surface area contributed by atoms with Crippen LogP contribution < -0.4 is 11.1 Å². The molecule has 5 atom stereocenters. The summed E-state index contributed by atoms with van der Waals surface area (Å²) in [6, 6.07) is 5.59. The zero-order valence-electron chi connectivity index (χ0n) is 23.6. The maximum absolute atomic E-state index is 12.9. The Balaban J connectivity index is 1.30. The Bertz CT molecular complexity index is 1280. The van der Waals surface area contributed by atoms with E-state index in [2.05, 4.69) is 23.7 Å². The number of aromatic nitrogens is 1. The zero-order valence-corrected chi connectivity index (χ0v) is 23.6. The standard InChI is InChI=1S/C30H41N3O7/c1-15-14-33(22-12-30(3,4)13-23(34)24(15)22)18-7-10-20(28(31)38)21(11-18)32-17-5-8-19(9-6-17)40-29-27(37)26(36)25(35)16(2)39-29/h7,10-11,14,16-17,19,25-27,29,32,35-37H,5-6,8-9,12-13H2,1-4H3,(H2,31,38)/t16-,17?,19?,25+,26+,27-,29-/m0/s1. The van der Waals surface area contributed by atoms with Crippen LogP contribution in [0.3, 0.4) is 0 Å². The number of benzene rings is 1. The number of primary amides is 1. The Morgan fingerprint density at radius 1 is 1.10 bits per heavy atom. The molecule has 10 nitrogen and oxygen atoms in total. The molecule has 0 unspecified atom stereocenters. The number of carbonyl (C=O) groups excluding carboxylic acids is 2. The fourth-order valence-electron chi connectivity index (χ4n) is 6.40. The number of nitrogens with two attached hydrogens (primary N) is 1. The average Bonchev–Trinajstić information content (AvgIpc) is 3.22. The second-order valence-corrected chi connectivity index (χ2v) is 12.5. The summed E-state index contributed by atoms with van der Waals surface area (Å²) in [5.41, 5.74) is 10.2. The van der Waals surface area contributed by atoms with Gasteiger partial charge in [0.15, 0.2) is 12.1 Å². The molecule has 5 rings (SSSR count). The van der Waals surface area contributed by atoms with Gasteiger partial charge in [-0.15, -0.1) is 0 Å². The molecule has 2 aromatic rings. The predicted molar refractivity (Wildman–Crippen MR) is 149 cm³/mol. The van der Waals surface area contributed by atoms with Gasteiger partial charge >= 0.3 is 0 Å². The molecule has 2 aliphatic carbocycles. The third-order valence-corrected chi connectivity index (χ3v) is 8.58. The minimum atomic E-state index is -1.33. The molecular weight excluding hydrogens is 514 g/mol. The number of anilines is 1. The SMILES string of the molecule is Cc1cn(-c2ccc(C(N)=O)c(NC3CCC(O[C@@H]4O[C@@H](C)[C@@H](O)[C@@H](O)[C@@H]4O)CC3)c2)c2c1C(=O)CC(C)(C)C2. The summed E-state index contributed by atoms with van der Waals surface area (Å²) in [4.78, 5) is 25.2. The van der Waals surface area contributed by atoms with Gasteiger partial charge in [0.2, 0.25) is 0 Å². The number of nitrogens with one attached hydrogen (secondary N) is 1. The van der Waals surface area contributed by atoms with Crippen molar-refractivity contribution >= 4 is 17.4 Å². The van der Waals surface area contributed by atoms with Crippen molar-refractivity contribution in [2.45, 2.75) is 109 Å². The minimum Gasteiger partial charge on any atom is -0.388 e. The topological polar surface area (TPSA) is 156 Å². The molecule has 0 spiro atoms. The summed E-state index contributed by atoms with van der Waals surface area (Å²) in [7, 11) is 0. The first-order valence-electron chi connectivity index (χ1n) is 14.1. The second kappa shape index (κ2) is 10.9. The van der Waals surface area contributed by atoms with E-state index in [4.69, 9.17) is 15.2 Å². The fraction of sp³-hybridized carbons (Fsp3) is 0.600. The molecule has 1 amide bonds. The Labute approximate surface area is 234 Å². The van der Waals surface area contributed by atoms with Crippen molar-refractivity contribution in [2.75, 3.05) is 5.32 Å². The second-order valence-electron chi connectivity index (χ2n) is 12.5. The molecule has 6 N–H and O–H groups in total. The molecule has 1 saturated carbocycles. The van der Waals surface area contributed by atoms with E-state index in [0.717, 1.165) is 41.8 Å². The Hall–Kier alpha value is -2.76. The van der Waals surface area contributed by atoms with Gasteiger partial charge in [0.05, 0.1) is 17.8 Å². The van der Waals surface area contributed by atoms with E-state index in [9.17, 15) is 24.9 Å². The lowest BCUT2D eigenvalue weighted by Gasteiger charge is -2.41. The monoisotopic (exact) mass is 555 g/mol. The van der Waals surface area contributed by atoms with E-state index in [1.165, 1.54) is 0 Å². The van der Waals surface area contributed by atoms with Crippen LogP contribution in [0.4, 0.5) is 5.69 Å². The van der Waals surface area contributed by atoms with Crippen molar-refractivity contribution in [3.63, 3.8) is 0 Å². The Kier molecular flexibility index (Phi) is 7.84. The van der Waals surface area contributed by atoms with Gasteiger partial charge in [-0.05, 0) is 75.1 Å². The average molecular weight is 556 g/mol. The number of aryl methyl sites for hydroxylation is 1. The summed E-state index contributed by atoms with van der Waals surface area (Å²) in [5.74, 6) is -0.355. The third kappa shape index (κ3) is 5.56. The molecule has 1 saturated heterocycles. The normalized spacial score (nSPS) is 32.0. The van der Waals surface area contributed by atoms with Crippen LogP contribution in [0, 0.1) is 12.3 Å². The lowest BCUT2D eigenvalue weighted by atomic mass is 9.75. The number of aliphatic hydroxyl groups is 3. The number of hydrogen-bond donors (Lipinski definition) is 5. The highest BCUT2D eigenvalue weighted by Gasteiger charge is 2.43. The first kappa shape index (κ1) is 28.8. The van der Waals surface area contributed by atoms with E-state index in [1.807, 2.05) is 25.3 Å². The fourth-order valence-corrected chi connectivity index (χ4v) is 6.40. The minimum absolute atomic E-state index is 0.0672. The highest BCUT2D eigenvalue weighted by atomic mass is 16.7. The third-order valence-electron chi connectivity index (χ3n) is 8.58. The molecule has 218 valence electrons. The maximum atomic E-state index is 12.9. The van der Waals surface area contributed by atoms with Gasteiger partial charge in [0.1, 0.15) is 18.3 Å². The first-order valence-corrected chi connectivity index (χ1v) is 14.1. The lowest BCUT2D eigenvalue weighted by Crippen LogP contribution is -2.58. The summed E-state index contributed by atoms with van der Waals surface area (Å²) in [5, 5.41) is 33.8. The number of hydrogen-bond acceptors (Lipinski definition) is 8. The number of carbonyl (C=O) groups is 2. The van der Waals surface area contributed by atoms with Crippen LogP contribution in [0.25, 0.3) is 5.69 Å². The van der Waals surface area contributed by atoms with Gasteiger partial charge in [0, 0.05) is 41.3 Å². The van der Waals surface area contributed by atoms with Gasteiger partial charge in [0.25, 0.3) is 5.91 Å². The molecule has 1 aromatic heterocycles. The van der Waals surface area contributed by atoms with Crippen LogP contribution in [0.15, 0.2) is 24.4 Å². The zero-order chi connectivity index (χ0) is 28.9. The van der Waals surface area contributed by atoms with Gasteiger partial charge in [-0.1, -0.05) is 13.8 Å². The number of ether oxygens (including phenoxy) is 2. The molecule has 0 bridgehead atoms. The van der Waals surface area contributed by atoms with Crippen LogP contribution in [0.1, 0.15) is 84.8 Å². The number of rotatable bonds is 6. The number of amides is 1. The van der Waals surface area contributed by atoms with Crippen LogP contribution in [0.5, 0.6) is 0 Å². The van der Waals surface area contributed by atoms with Crippen LogP contribution in [-0.2, 0) is 15.9 Å². The van der Waals surface area contributed by atoms with E-state index in [1.54, 1.807) is 13.0 Å². The summed E-state index contributed by atoms with van der Waals surface area (Å²) in [6.45, 7) is 7.81. The Morgan fingerprint density at radius 3 is 2.48 bits per heavy atom. The van der Waals surface area contributed by atoms with E-state index < -0.39 is 36.6 Å². The van der Waals surface area contributed by atoms with Crippen LogP contribution in [0.2, 0.25) is 0 Å². The van der Waals surface area contributed by atoms with Gasteiger partial charge < -0.3 is 40.4 Å². The molecule has 40 heavy (non-hydrogen) atoms. The maximum Gasteiger partial charge on any atom is 0.250 e. The molecule has 10 heteroatoms. The molecule has 0 radical (unpaired) electrons. The predicted octanol–water partition coefficient (Wildman–Crippen LogP) is 2.61. The molecule has 1 aromatic carbocycles. The largest absolute Gasteiger partial charge is 0.388 e. The number of ketones is 1. The number of nitrogens with zero attached hydrogens (tertiary/aromatic N) is 1. The van der Waals surface area contributed by atoms with Crippen LogP contribution in [-0.4, -0.2) is 74.4 Å². The Morgan fingerprint density at radius 2 is 1.80 bits per heavy atom. The van der Waals surface area contributed by atoms with Crippen molar-refractivity contribution in [3.8, 4) is 5.69 Å². The van der Waals surface area contributed by atoms with Crippen molar-refractivity contribution in [2.24, 2.45) is 11.1 Å². The number of aliphatic hydroxyl groups excluding tert-OH is 3. The van der Waals surface area contributed by atoms with E-state index in [-0.39, 0.29) is 23.3 Å². The van der Waals surface area contributed by atoms with Crippen molar-refractivity contribution in [3.05, 3.63) is 46.8 Å². The number of Topliss-reactive ketones (excluding diaryl/α,β-unsaturated/α-hetero) is 1. The van der Waals surface area contributed by atoms with Gasteiger partial charge in [-0.25, -0.2) is 0 Å². The molecular formula is C30H41N3O7. The quantitative estimate of drug-likeness (QED) is 0.364. The lowest BCUT2D eigenvalue weighted by molar-refractivity contribution is -0.305. The summed E-state index contributed by atoms with van der Waals surface area (Å²) < 4.78 is 13.6. The van der Waals surface area contributed by atoms with E-state index >= 15 is 0 Å². The highest BCUT2D eigenvalue weighted by Crippen LogP contribution is 2.39. The summed E-state index contributed by atoms with van der Waals surface area (Å²) in [6.07, 6.45) is 0.504. The smallest absolute Gasteiger partial charge is 0.250 e. The number of fused-ring (bicyclic) bond motifs is 1. The van der Waals surface area contributed by atoms with Crippen LogP contribution >= 0.6 is 0 Å². The van der Waals surface area contributed by atoms with Crippen molar-refractivity contribution in [1.82, 2.24) is 4.57 Å². The van der Waals surface area contributed by atoms with Crippen molar-refractivity contribution < 1.29 is 34.4 Å². The van der Waals surface area contributed by atoms with E-state index in [0.29, 0.717) is 30.5 Å². The highest BCUT2D eigenvalue weighted by molar-refractivity contribution is 6.01. The molecule has 3 aliphatic rings. The van der Waals surface area contributed by atoms with Gasteiger partial charge in [-0.2, -0.15) is 0 Å². The first-order chi connectivity index (χ1) is 18.8. The van der Waals surface area contributed by atoms with Crippen molar-refractivity contribution in [1.29, 1.82) is 0 Å². The molecule has 2 heterocycles. The molecule has 1 aliphatic heterocycles.